The highest BCUT2D eigenvalue weighted by molar-refractivity contribution is 7.99. The lowest BCUT2D eigenvalue weighted by Gasteiger charge is -2.19. The fourth-order valence-corrected chi connectivity index (χ4v) is 3.45. The molecule has 0 bridgehead atoms. The summed E-state index contributed by atoms with van der Waals surface area (Å²) in [4.78, 5) is 25.8. The Morgan fingerprint density at radius 2 is 2.03 bits per heavy atom. The van der Waals surface area contributed by atoms with Crippen molar-refractivity contribution in [1.82, 2.24) is 20.1 Å². The highest BCUT2D eigenvalue weighted by Crippen LogP contribution is 2.34. The van der Waals surface area contributed by atoms with Gasteiger partial charge < -0.3 is 14.8 Å². The number of amides is 1. The summed E-state index contributed by atoms with van der Waals surface area (Å²) in [6.45, 7) is 1.02. The van der Waals surface area contributed by atoms with Crippen LogP contribution in [0, 0.1) is 10.1 Å². The number of nitro groups is 1. The van der Waals surface area contributed by atoms with E-state index < -0.39 is 4.92 Å². The Labute approximate surface area is 171 Å². The Balaban J connectivity index is 1.65. The number of hydrogen-bond acceptors (Lipinski definition) is 7. The van der Waals surface area contributed by atoms with Gasteiger partial charge in [-0.2, -0.15) is 0 Å². The van der Waals surface area contributed by atoms with Gasteiger partial charge in [0, 0.05) is 44.5 Å². The average Bonchev–Trinajstić information content (AvgIpc) is 3.13. The third kappa shape index (κ3) is 5.11. The number of benzene rings is 2. The van der Waals surface area contributed by atoms with Crippen LogP contribution in [0.25, 0.3) is 0 Å². The highest BCUT2D eigenvalue weighted by atomic mass is 32.2. The average molecular weight is 412 g/mol. The van der Waals surface area contributed by atoms with Gasteiger partial charge in [0.05, 0.1) is 9.82 Å². The Bertz CT molecular complexity index is 1010. The molecule has 0 aliphatic heterocycles. The van der Waals surface area contributed by atoms with Gasteiger partial charge in [0.2, 0.25) is 0 Å². The number of nitrogens with one attached hydrogen (secondary N) is 1. The first kappa shape index (κ1) is 20.3. The molecular weight excluding hydrogens is 392 g/mol. The van der Waals surface area contributed by atoms with E-state index in [-0.39, 0.29) is 17.2 Å². The van der Waals surface area contributed by atoms with E-state index in [1.165, 1.54) is 12.4 Å². The monoisotopic (exact) mass is 412 g/mol. The molecule has 3 aromatic rings. The van der Waals surface area contributed by atoms with Gasteiger partial charge in [-0.1, -0.05) is 18.2 Å². The zero-order chi connectivity index (χ0) is 20.8. The molecule has 0 spiro atoms. The number of likely N-dealkylation sites (N-methyl/N-ethyl adjacent to an activating group) is 1. The maximum absolute atomic E-state index is 12.4. The Hall–Kier alpha value is -3.40. The predicted octanol–water partition coefficient (Wildman–Crippen LogP) is 2.74. The molecule has 1 N–H and O–H groups in total. The van der Waals surface area contributed by atoms with E-state index in [2.05, 4.69) is 15.5 Å². The second-order valence-electron chi connectivity index (χ2n) is 6.28. The number of nitrogens with zero attached hydrogens (tertiary/aromatic N) is 5. The molecule has 0 aliphatic carbocycles. The molecule has 9 nitrogen and oxygen atoms in total. The minimum absolute atomic E-state index is 0.146. The standard InChI is InChI=1S/C19H20N6O3S/c1-23(15-6-4-3-5-7-15)11-10-20-18(26)14-8-9-17(16(12-14)25(27)28)29-19-22-21-13-24(19)2/h3-9,12-13H,10-11H2,1-2H3,(H,20,26). The Kier molecular flexibility index (Phi) is 6.45. The molecule has 0 atom stereocenters. The Morgan fingerprint density at radius 3 is 2.69 bits per heavy atom. The van der Waals surface area contributed by atoms with E-state index in [4.69, 9.17) is 0 Å². The van der Waals surface area contributed by atoms with Gasteiger partial charge in [-0.05, 0) is 36.0 Å². The van der Waals surface area contributed by atoms with Crippen LogP contribution < -0.4 is 10.2 Å². The van der Waals surface area contributed by atoms with Gasteiger partial charge in [0.1, 0.15) is 6.33 Å². The van der Waals surface area contributed by atoms with Gasteiger partial charge in [0.15, 0.2) is 5.16 Å². The van der Waals surface area contributed by atoms with Crippen LogP contribution in [0.4, 0.5) is 11.4 Å². The molecule has 3 rings (SSSR count). The largest absolute Gasteiger partial charge is 0.373 e. The zero-order valence-electron chi connectivity index (χ0n) is 16.0. The topological polar surface area (TPSA) is 106 Å². The summed E-state index contributed by atoms with van der Waals surface area (Å²) in [7, 11) is 3.69. The van der Waals surface area contributed by atoms with Crippen LogP contribution in [-0.2, 0) is 7.05 Å². The lowest BCUT2D eigenvalue weighted by Crippen LogP contribution is -2.33. The smallest absolute Gasteiger partial charge is 0.284 e. The van der Waals surface area contributed by atoms with Gasteiger partial charge in [0.25, 0.3) is 11.6 Å². The quantitative estimate of drug-likeness (QED) is 0.448. The van der Waals surface area contributed by atoms with Gasteiger partial charge in [-0.15, -0.1) is 10.2 Å². The van der Waals surface area contributed by atoms with Crippen molar-refractivity contribution in [2.24, 2.45) is 7.05 Å². The van der Waals surface area contributed by atoms with Crippen LogP contribution in [0.3, 0.4) is 0 Å². The minimum Gasteiger partial charge on any atom is -0.373 e. The first-order valence-electron chi connectivity index (χ1n) is 8.80. The second kappa shape index (κ2) is 9.20. The molecule has 0 radical (unpaired) electrons. The number of para-hydroxylation sites is 1. The van der Waals surface area contributed by atoms with Gasteiger partial charge in [-0.3, -0.25) is 14.9 Å². The zero-order valence-corrected chi connectivity index (χ0v) is 16.8. The normalized spacial score (nSPS) is 10.6. The first-order chi connectivity index (χ1) is 14.0. The number of anilines is 1. The fourth-order valence-electron chi connectivity index (χ4n) is 2.60. The lowest BCUT2D eigenvalue weighted by atomic mass is 10.2. The number of nitro benzene ring substituents is 1. The molecule has 2 aromatic carbocycles. The van der Waals surface area contributed by atoms with Crippen LogP contribution in [-0.4, -0.2) is 45.7 Å². The number of carbonyl (C=O) groups excluding carboxylic acids is 1. The fraction of sp³-hybridized carbons (Fsp3) is 0.211. The van der Waals surface area contributed by atoms with Crippen molar-refractivity contribution < 1.29 is 9.72 Å². The van der Waals surface area contributed by atoms with Crippen molar-refractivity contribution >= 4 is 29.0 Å². The SMILES string of the molecule is CN(CCNC(=O)c1ccc(Sc2nncn2C)c([N+](=O)[O-])c1)c1ccccc1. The van der Waals surface area contributed by atoms with E-state index in [9.17, 15) is 14.9 Å². The predicted molar refractivity (Wildman–Crippen MR) is 110 cm³/mol. The molecule has 150 valence electrons. The van der Waals surface area contributed by atoms with Crippen LogP contribution in [0.2, 0.25) is 0 Å². The highest BCUT2D eigenvalue weighted by Gasteiger charge is 2.20. The summed E-state index contributed by atoms with van der Waals surface area (Å²) in [5.74, 6) is -0.357. The van der Waals surface area contributed by atoms with Crippen LogP contribution in [0.1, 0.15) is 10.4 Å². The van der Waals surface area contributed by atoms with Crippen molar-refractivity contribution in [3.63, 3.8) is 0 Å². The van der Waals surface area contributed by atoms with Crippen molar-refractivity contribution in [1.29, 1.82) is 0 Å². The first-order valence-corrected chi connectivity index (χ1v) is 9.62. The molecule has 0 aliphatic rings. The van der Waals surface area contributed by atoms with E-state index in [1.54, 1.807) is 23.7 Å². The summed E-state index contributed by atoms with van der Waals surface area (Å²) < 4.78 is 1.66. The van der Waals surface area contributed by atoms with Crippen LogP contribution >= 0.6 is 11.8 Å². The molecule has 0 saturated carbocycles. The molecule has 1 aromatic heterocycles. The summed E-state index contributed by atoms with van der Waals surface area (Å²) in [6, 6.07) is 14.2. The van der Waals surface area contributed by atoms with E-state index in [1.807, 2.05) is 42.3 Å². The van der Waals surface area contributed by atoms with Gasteiger partial charge >= 0.3 is 0 Å². The maximum Gasteiger partial charge on any atom is 0.284 e. The second-order valence-corrected chi connectivity index (χ2v) is 7.29. The van der Waals surface area contributed by atoms with Crippen molar-refractivity contribution in [3.05, 3.63) is 70.5 Å². The van der Waals surface area contributed by atoms with E-state index >= 15 is 0 Å². The molecular formula is C19H20N6O3S. The number of carbonyl (C=O) groups is 1. The molecule has 1 heterocycles. The molecule has 0 fully saturated rings. The van der Waals surface area contributed by atoms with Crippen LogP contribution in [0.15, 0.2) is 64.9 Å². The lowest BCUT2D eigenvalue weighted by molar-refractivity contribution is -0.387. The summed E-state index contributed by atoms with van der Waals surface area (Å²) in [5, 5.41) is 22.5. The van der Waals surface area contributed by atoms with Crippen molar-refractivity contribution in [3.8, 4) is 0 Å². The summed E-state index contributed by atoms with van der Waals surface area (Å²) in [5.41, 5.74) is 1.14. The summed E-state index contributed by atoms with van der Waals surface area (Å²) >= 11 is 1.12. The molecule has 0 unspecified atom stereocenters. The number of aromatic nitrogens is 3. The van der Waals surface area contributed by atoms with E-state index in [0.29, 0.717) is 23.1 Å². The van der Waals surface area contributed by atoms with Gasteiger partial charge in [-0.25, -0.2) is 0 Å². The minimum atomic E-state index is -0.501. The summed E-state index contributed by atoms with van der Waals surface area (Å²) in [6.07, 6.45) is 1.52. The number of hydrogen-bond donors (Lipinski definition) is 1. The maximum atomic E-state index is 12.4. The van der Waals surface area contributed by atoms with Crippen molar-refractivity contribution in [2.75, 3.05) is 25.0 Å². The third-order valence-electron chi connectivity index (χ3n) is 4.22. The molecule has 29 heavy (non-hydrogen) atoms. The van der Waals surface area contributed by atoms with Crippen LogP contribution in [0.5, 0.6) is 0 Å². The Morgan fingerprint density at radius 1 is 1.28 bits per heavy atom. The number of aryl methyl sites for hydroxylation is 1. The molecule has 0 saturated heterocycles. The van der Waals surface area contributed by atoms with E-state index in [0.717, 1.165) is 17.4 Å². The molecule has 10 heteroatoms. The van der Waals surface area contributed by atoms with Crippen molar-refractivity contribution in [2.45, 2.75) is 10.1 Å². The number of rotatable bonds is 8. The molecule has 1 amide bonds. The third-order valence-corrected chi connectivity index (χ3v) is 5.34.